The van der Waals surface area contributed by atoms with E-state index in [9.17, 15) is 4.79 Å². The lowest BCUT2D eigenvalue weighted by atomic mass is 10.1. The van der Waals surface area contributed by atoms with Gasteiger partial charge in [0.25, 0.3) is 5.91 Å². The van der Waals surface area contributed by atoms with E-state index in [1.54, 1.807) is 12.1 Å². The van der Waals surface area contributed by atoms with Gasteiger partial charge in [0.15, 0.2) is 0 Å². The quantitative estimate of drug-likeness (QED) is 0.317. The normalized spacial score (nSPS) is 11.2. The first-order chi connectivity index (χ1) is 14.3. The van der Waals surface area contributed by atoms with Crippen LogP contribution < -0.4 is 10.2 Å². The predicted octanol–water partition coefficient (Wildman–Crippen LogP) is 4.68. The summed E-state index contributed by atoms with van der Waals surface area (Å²) in [5.74, 6) is 0.390. The van der Waals surface area contributed by atoms with Gasteiger partial charge >= 0.3 is 0 Å². The molecule has 0 fully saturated rings. The summed E-state index contributed by atoms with van der Waals surface area (Å²) < 4.78 is 5.84. The second-order valence-electron chi connectivity index (χ2n) is 6.35. The highest BCUT2D eigenvalue weighted by Gasteiger charge is 2.13. The maximum atomic E-state index is 12.3. The molecule has 0 aliphatic carbocycles. The first-order valence-corrected chi connectivity index (χ1v) is 9.60. The van der Waals surface area contributed by atoms with E-state index in [4.69, 9.17) is 4.74 Å². The number of aromatic nitrogens is 2. The van der Waals surface area contributed by atoms with Gasteiger partial charge in [-0.05, 0) is 36.3 Å². The van der Waals surface area contributed by atoms with Gasteiger partial charge in [0.1, 0.15) is 11.4 Å². The van der Waals surface area contributed by atoms with Crippen LogP contribution in [0, 0.1) is 0 Å². The Morgan fingerprint density at radius 3 is 2.79 bits per heavy atom. The Bertz CT molecular complexity index is 977. The van der Waals surface area contributed by atoms with Crippen LogP contribution in [0.3, 0.4) is 0 Å². The molecule has 148 valence electrons. The van der Waals surface area contributed by atoms with E-state index in [0.29, 0.717) is 18.0 Å². The molecule has 0 atom stereocenters. The van der Waals surface area contributed by atoms with Crippen molar-refractivity contribution in [3.63, 3.8) is 0 Å². The third-order valence-electron chi connectivity index (χ3n) is 4.16. The SMILES string of the molecule is CCCCOc1ccccc1-c1cc(C(=O)NN=CC=Cc2ccccc2)[nH]n1. The molecule has 29 heavy (non-hydrogen) atoms. The maximum Gasteiger partial charge on any atom is 0.289 e. The highest BCUT2D eigenvalue weighted by atomic mass is 16.5. The van der Waals surface area contributed by atoms with E-state index < -0.39 is 0 Å². The number of allylic oxidation sites excluding steroid dienone is 1. The second-order valence-corrected chi connectivity index (χ2v) is 6.35. The number of H-pyrrole nitrogens is 1. The molecule has 3 aromatic rings. The van der Waals surface area contributed by atoms with Crippen LogP contribution in [0.1, 0.15) is 35.8 Å². The summed E-state index contributed by atoms with van der Waals surface area (Å²) in [7, 11) is 0. The number of hydrogen-bond acceptors (Lipinski definition) is 4. The zero-order chi connectivity index (χ0) is 20.3. The van der Waals surface area contributed by atoms with Crippen LogP contribution in [0.2, 0.25) is 0 Å². The predicted molar refractivity (Wildman–Crippen MR) is 116 cm³/mol. The maximum absolute atomic E-state index is 12.3. The molecule has 1 heterocycles. The Hall–Kier alpha value is -3.67. The zero-order valence-electron chi connectivity index (χ0n) is 16.3. The molecular weight excluding hydrogens is 364 g/mol. The summed E-state index contributed by atoms with van der Waals surface area (Å²) in [6.45, 7) is 2.77. The largest absolute Gasteiger partial charge is 0.493 e. The Morgan fingerprint density at radius 2 is 1.97 bits per heavy atom. The van der Waals surface area contributed by atoms with Crippen LogP contribution in [-0.4, -0.2) is 28.9 Å². The van der Waals surface area contributed by atoms with E-state index in [0.717, 1.165) is 29.7 Å². The first-order valence-electron chi connectivity index (χ1n) is 9.60. The minimum absolute atomic E-state index is 0.326. The van der Waals surface area contributed by atoms with Crippen molar-refractivity contribution in [3.05, 3.63) is 78.0 Å². The second kappa shape index (κ2) is 10.6. The lowest BCUT2D eigenvalue weighted by molar-refractivity contribution is 0.0950. The molecule has 6 nitrogen and oxygen atoms in total. The van der Waals surface area contributed by atoms with Crippen LogP contribution in [-0.2, 0) is 0 Å². The van der Waals surface area contributed by atoms with E-state index in [-0.39, 0.29) is 5.91 Å². The van der Waals surface area contributed by atoms with Crippen molar-refractivity contribution in [2.24, 2.45) is 5.10 Å². The van der Waals surface area contributed by atoms with Crippen molar-refractivity contribution in [1.29, 1.82) is 0 Å². The zero-order valence-corrected chi connectivity index (χ0v) is 16.3. The van der Waals surface area contributed by atoms with Crippen molar-refractivity contribution in [2.75, 3.05) is 6.61 Å². The van der Waals surface area contributed by atoms with E-state index in [2.05, 4.69) is 27.6 Å². The highest BCUT2D eigenvalue weighted by molar-refractivity contribution is 5.94. The number of carbonyl (C=O) groups is 1. The number of carbonyl (C=O) groups excluding carboxylic acids is 1. The molecule has 2 aromatic carbocycles. The number of hydrazone groups is 1. The fourth-order valence-corrected chi connectivity index (χ4v) is 2.62. The van der Waals surface area contributed by atoms with Crippen LogP contribution >= 0.6 is 0 Å². The number of amides is 1. The summed E-state index contributed by atoms with van der Waals surface area (Å²) >= 11 is 0. The molecular formula is C23H24N4O2. The van der Waals surface area contributed by atoms with E-state index in [1.165, 1.54) is 6.21 Å². The Morgan fingerprint density at radius 1 is 1.17 bits per heavy atom. The summed E-state index contributed by atoms with van der Waals surface area (Å²) in [4.78, 5) is 12.3. The summed E-state index contributed by atoms with van der Waals surface area (Å²) in [6.07, 6.45) is 7.24. The van der Waals surface area contributed by atoms with Crippen molar-refractivity contribution < 1.29 is 9.53 Å². The van der Waals surface area contributed by atoms with Gasteiger partial charge in [0.2, 0.25) is 0 Å². The lowest BCUT2D eigenvalue weighted by Crippen LogP contribution is -2.17. The average Bonchev–Trinajstić information content (AvgIpc) is 3.25. The van der Waals surface area contributed by atoms with Crippen molar-refractivity contribution >= 4 is 18.2 Å². The van der Waals surface area contributed by atoms with Gasteiger partial charge in [-0.25, -0.2) is 5.43 Å². The number of hydrogen-bond donors (Lipinski definition) is 2. The van der Waals surface area contributed by atoms with Gasteiger partial charge < -0.3 is 4.74 Å². The number of rotatable bonds is 9. The molecule has 3 rings (SSSR count). The number of para-hydroxylation sites is 1. The van der Waals surface area contributed by atoms with Crippen LogP contribution in [0.15, 0.2) is 71.8 Å². The van der Waals surface area contributed by atoms with Crippen molar-refractivity contribution in [2.45, 2.75) is 19.8 Å². The Kier molecular flexibility index (Phi) is 7.34. The van der Waals surface area contributed by atoms with Crippen molar-refractivity contribution in [3.8, 4) is 17.0 Å². The lowest BCUT2D eigenvalue weighted by Gasteiger charge is -2.09. The molecule has 2 N–H and O–H groups in total. The van der Waals surface area contributed by atoms with E-state index >= 15 is 0 Å². The molecule has 0 saturated carbocycles. The van der Waals surface area contributed by atoms with Crippen LogP contribution in [0.25, 0.3) is 17.3 Å². The molecule has 0 bridgehead atoms. The van der Waals surface area contributed by atoms with E-state index in [1.807, 2.05) is 60.7 Å². The first kappa shape index (κ1) is 20.1. The fourth-order valence-electron chi connectivity index (χ4n) is 2.62. The number of ether oxygens (including phenoxy) is 1. The molecule has 1 amide bonds. The molecule has 0 saturated heterocycles. The standard InChI is InChI=1S/C23H24N4O2/c1-2-3-16-29-22-14-8-7-13-19(22)20-17-21(26-25-20)23(28)27-24-15-9-12-18-10-5-4-6-11-18/h4-15,17H,2-3,16H2,1H3,(H,25,26)(H,27,28). The van der Waals surface area contributed by atoms with Gasteiger partial charge in [-0.3, -0.25) is 9.89 Å². The average molecular weight is 388 g/mol. The third kappa shape index (κ3) is 5.90. The Balaban J connectivity index is 1.60. The highest BCUT2D eigenvalue weighted by Crippen LogP contribution is 2.28. The third-order valence-corrected chi connectivity index (χ3v) is 4.16. The number of unbranched alkanes of at least 4 members (excludes halogenated alkanes) is 1. The summed E-state index contributed by atoms with van der Waals surface area (Å²) in [5, 5.41) is 10.9. The molecule has 0 aliphatic heterocycles. The van der Waals surface area contributed by atoms with Gasteiger partial charge in [0, 0.05) is 11.8 Å². The summed E-state index contributed by atoms with van der Waals surface area (Å²) in [6, 6.07) is 19.2. The topological polar surface area (TPSA) is 79.4 Å². The minimum atomic E-state index is -0.363. The van der Waals surface area contributed by atoms with Crippen LogP contribution in [0.4, 0.5) is 0 Å². The van der Waals surface area contributed by atoms with Gasteiger partial charge in [-0.15, -0.1) is 0 Å². The monoisotopic (exact) mass is 388 g/mol. The smallest absolute Gasteiger partial charge is 0.289 e. The van der Waals surface area contributed by atoms with Gasteiger partial charge in [-0.1, -0.05) is 61.9 Å². The number of nitrogens with one attached hydrogen (secondary N) is 2. The van der Waals surface area contributed by atoms with Gasteiger partial charge in [0.05, 0.1) is 12.3 Å². The number of benzene rings is 2. The van der Waals surface area contributed by atoms with Crippen LogP contribution in [0.5, 0.6) is 5.75 Å². The van der Waals surface area contributed by atoms with Crippen molar-refractivity contribution in [1.82, 2.24) is 15.6 Å². The molecule has 1 aromatic heterocycles. The van der Waals surface area contributed by atoms with Gasteiger partial charge in [-0.2, -0.15) is 10.2 Å². The number of nitrogens with zero attached hydrogens (tertiary/aromatic N) is 2. The molecule has 0 radical (unpaired) electrons. The fraction of sp³-hybridized carbons (Fsp3) is 0.174. The molecule has 0 aliphatic rings. The Labute approximate surface area is 170 Å². The minimum Gasteiger partial charge on any atom is -0.493 e. The number of aromatic amines is 1. The summed E-state index contributed by atoms with van der Waals surface area (Å²) in [5.41, 5.74) is 5.36. The molecule has 0 unspecified atom stereocenters. The molecule has 6 heteroatoms. The molecule has 0 spiro atoms.